The topological polar surface area (TPSA) is 70.6 Å². The summed E-state index contributed by atoms with van der Waals surface area (Å²) in [6.45, 7) is 8.15. The van der Waals surface area contributed by atoms with Crippen LogP contribution in [0.2, 0.25) is 0 Å². The van der Waals surface area contributed by atoms with Crippen LogP contribution in [0.25, 0.3) is 0 Å². The molecule has 150 valence electrons. The molecule has 0 bridgehead atoms. The number of amides is 1. The Morgan fingerprint density at radius 3 is 2.32 bits per heavy atom. The molecule has 1 aromatic carbocycles. The van der Waals surface area contributed by atoms with E-state index in [1.54, 1.807) is 19.5 Å². The second-order valence-corrected chi connectivity index (χ2v) is 7.38. The van der Waals surface area contributed by atoms with Gasteiger partial charge in [-0.2, -0.15) is 0 Å². The van der Waals surface area contributed by atoms with Gasteiger partial charge in [-0.05, 0) is 36.6 Å². The van der Waals surface area contributed by atoms with Gasteiger partial charge < -0.3 is 19.9 Å². The van der Waals surface area contributed by atoms with Crippen molar-refractivity contribution in [2.75, 3.05) is 50.1 Å². The first-order valence-electron chi connectivity index (χ1n) is 9.81. The van der Waals surface area contributed by atoms with Gasteiger partial charge in [0.2, 0.25) is 5.95 Å². The van der Waals surface area contributed by atoms with Crippen molar-refractivity contribution in [1.82, 2.24) is 14.9 Å². The van der Waals surface area contributed by atoms with Crippen LogP contribution < -0.4 is 15.0 Å². The summed E-state index contributed by atoms with van der Waals surface area (Å²) >= 11 is 0. The Morgan fingerprint density at radius 2 is 1.75 bits per heavy atom. The number of nitrogens with zero attached hydrogens (tertiary/aromatic N) is 4. The van der Waals surface area contributed by atoms with E-state index in [1.165, 1.54) is 0 Å². The zero-order chi connectivity index (χ0) is 19.9. The number of aromatic nitrogens is 2. The van der Waals surface area contributed by atoms with Crippen LogP contribution in [0.3, 0.4) is 0 Å². The first-order valence-corrected chi connectivity index (χ1v) is 9.81. The third kappa shape index (κ3) is 5.12. The predicted molar refractivity (Wildman–Crippen MR) is 111 cm³/mol. The fourth-order valence-corrected chi connectivity index (χ4v) is 3.15. The van der Waals surface area contributed by atoms with Crippen molar-refractivity contribution in [2.45, 2.75) is 20.3 Å². The third-order valence-electron chi connectivity index (χ3n) is 4.91. The average molecular weight is 383 g/mol. The van der Waals surface area contributed by atoms with Gasteiger partial charge >= 0.3 is 0 Å². The summed E-state index contributed by atoms with van der Waals surface area (Å²) in [5.74, 6) is 2.04. The molecule has 2 aromatic rings. The van der Waals surface area contributed by atoms with Gasteiger partial charge in [-0.25, -0.2) is 9.97 Å². The molecule has 0 unspecified atom stereocenters. The number of nitrogens with one attached hydrogen (secondary N) is 1. The SMILES string of the molecule is COc1ccc(N2CCN(C(=O)c3cnc(NCCC(C)C)nc3)CC2)cc1. The van der Waals surface area contributed by atoms with E-state index in [4.69, 9.17) is 4.74 Å². The van der Waals surface area contributed by atoms with Crippen molar-refractivity contribution in [3.05, 3.63) is 42.2 Å². The molecule has 1 saturated heterocycles. The van der Waals surface area contributed by atoms with E-state index < -0.39 is 0 Å². The van der Waals surface area contributed by atoms with Gasteiger partial charge in [0.25, 0.3) is 5.91 Å². The van der Waals surface area contributed by atoms with Crippen molar-refractivity contribution >= 4 is 17.5 Å². The van der Waals surface area contributed by atoms with E-state index in [2.05, 4.69) is 46.2 Å². The van der Waals surface area contributed by atoms with Crippen LogP contribution in [0.4, 0.5) is 11.6 Å². The smallest absolute Gasteiger partial charge is 0.257 e. The average Bonchev–Trinajstić information content (AvgIpc) is 2.74. The summed E-state index contributed by atoms with van der Waals surface area (Å²) in [6, 6.07) is 8.02. The molecule has 7 heteroatoms. The number of hydrogen-bond donors (Lipinski definition) is 1. The number of piperazine rings is 1. The van der Waals surface area contributed by atoms with Crippen molar-refractivity contribution in [3.63, 3.8) is 0 Å². The lowest BCUT2D eigenvalue weighted by Gasteiger charge is -2.36. The highest BCUT2D eigenvalue weighted by Gasteiger charge is 2.22. The Bertz CT molecular complexity index is 753. The molecule has 1 N–H and O–H groups in total. The van der Waals surface area contributed by atoms with Crippen LogP contribution in [-0.2, 0) is 0 Å². The standard InChI is InChI=1S/C21H29N5O2/c1-16(2)8-9-22-21-23-14-17(15-24-21)20(27)26-12-10-25(11-13-26)18-4-6-19(28-3)7-5-18/h4-7,14-16H,8-13H2,1-3H3,(H,22,23,24). The molecule has 1 aliphatic heterocycles. The number of benzene rings is 1. The number of methoxy groups -OCH3 is 1. The Hall–Kier alpha value is -2.83. The quantitative estimate of drug-likeness (QED) is 0.793. The first kappa shape index (κ1) is 19.9. The highest BCUT2D eigenvalue weighted by molar-refractivity contribution is 5.93. The van der Waals surface area contributed by atoms with Gasteiger partial charge in [-0.15, -0.1) is 0 Å². The summed E-state index contributed by atoms with van der Waals surface area (Å²) in [6.07, 6.45) is 4.29. The predicted octanol–water partition coefficient (Wildman–Crippen LogP) is 2.91. The summed E-state index contributed by atoms with van der Waals surface area (Å²) in [5.41, 5.74) is 1.68. The van der Waals surface area contributed by atoms with E-state index in [0.717, 1.165) is 37.5 Å². The molecule has 1 fully saturated rings. The van der Waals surface area contributed by atoms with Gasteiger partial charge in [0.1, 0.15) is 5.75 Å². The van der Waals surface area contributed by atoms with Crippen LogP contribution in [0.1, 0.15) is 30.6 Å². The Labute approximate surface area is 166 Å². The number of anilines is 2. The summed E-state index contributed by atoms with van der Waals surface area (Å²) < 4.78 is 5.21. The van der Waals surface area contributed by atoms with Gasteiger partial charge in [0.15, 0.2) is 0 Å². The molecule has 7 nitrogen and oxygen atoms in total. The van der Waals surface area contributed by atoms with Crippen molar-refractivity contribution in [1.29, 1.82) is 0 Å². The molecule has 28 heavy (non-hydrogen) atoms. The highest BCUT2D eigenvalue weighted by Crippen LogP contribution is 2.21. The van der Waals surface area contributed by atoms with E-state index >= 15 is 0 Å². The van der Waals surface area contributed by atoms with Gasteiger partial charge in [0.05, 0.1) is 12.7 Å². The monoisotopic (exact) mass is 383 g/mol. The molecular formula is C21H29N5O2. The fourth-order valence-electron chi connectivity index (χ4n) is 3.15. The lowest BCUT2D eigenvalue weighted by Crippen LogP contribution is -2.48. The second kappa shape index (κ2) is 9.39. The molecule has 1 aliphatic rings. The van der Waals surface area contributed by atoms with Crippen molar-refractivity contribution in [3.8, 4) is 5.75 Å². The van der Waals surface area contributed by atoms with E-state index in [0.29, 0.717) is 30.5 Å². The van der Waals surface area contributed by atoms with Gasteiger partial charge in [0, 0.05) is 50.8 Å². The molecule has 0 spiro atoms. The highest BCUT2D eigenvalue weighted by atomic mass is 16.5. The minimum absolute atomic E-state index is 0.0110. The molecule has 2 heterocycles. The summed E-state index contributed by atoms with van der Waals surface area (Å²) in [5, 5.41) is 3.19. The molecule has 0 atom stereocenters. The largest absolute Gasteiger partial charge is 0.497 e. The number of ether oxygens (including phenoxy) is 1. The van der Waals surface area contributed by atoms with E-state index in [-0.39, 0.29) is 5.91 Å². The maximum absolute atomic E-state index is 12.7. The van der Waals surface area contributed by atoms with Crippen LogP contribution in [0.15, 0.2) is 36.7 Å². The third-order valence-corrected chi connectivity index (χ3v) is 4.91. The Kier molecular flexibility index (Phi) is 6.68. The lowest BCUT2D eigenvalue weighted by molar-refractivity contribution is 0.0746. The van der Waals surface area contributed by atoms with E-state index in [1.807, 2.05) is 17.0 Å². The van der Waals surface area contributed by atoms with Gasteiger partial charge in [-0.3, -0.25) is 4.79 Å². The molecule has 1 aromatic heterocycles. The number of carbonyl (C=O) groups is 1. The van der Waals surface area contributed by atoms with Crippen LogP contribution in [-0.4, -0.2) is 60.6 Å². The minimum atomic E-state index is -0.0110. The first-order chi connectivity index (χ1) is 13.6. The normalized spacial score (nSPS) is 14.3. The fraction of sp³-hybridized carbons (Fsp3) is 0.476. The molecule has 0 aliphatic carbocycles. The van der Waals surface area contributed by atoms with Crippen molar-refractivity contribution in [2.24, 2.45) is 5.92 Å². The molecular weight excluding hydrogens is 354 g/mol. The maximum Gasteiger partial charge on any atom is 0.257 e. The summed E-state index contributed by atoms with van der Waals surface area (Å²) in [4.78, 5) is 25.4. The zero-order valence-electron chi connectivity index (χ0n) is 16.9. The molecule has 0 saturated carbocycles. The Morgan fingerprint density at radius 1 is 1.11 bits per heavy atom. The van der Waals surface area contributed by atoms with Crippen LogP contribution in [0, 0.1) is 5.92 Å². The molecule has 3 rings (SSSR count). The molecule has 1 amide bonds. The van der Waals surface area contributed by atoms with Gasteiger partial charge in [-0.1, -0.05) is 13.8 Å². The number of rotatable bonds is 7. The van der Waals surface area contributed by atoms with E-state index in [9.17, 15) is 4.79 Å². The second-order valence-electron chi connectivity index (χ2n) is 7.38. The van der Waals surface area contributed by atoms with Crippen molar-refractivity contribution < 1.29 is 9.53 Å². The number of hydrogen-bond acceptors (Lipinski definition) is 6. The van der Waals surface area contributed by atoms with Crippen LogP contribution in [0.5, 0.6) is 5.75 Å². The minimum Gasteiger partial charge on any atom is -0.497 e. The lowest BCUT2D eigenvalue weighted by atomic mass is 10.1. The molecule has 0 radical (unpaired) electrons. The van der Waals surface area contributed by atoms with Crippen LogP contribution >= 0.6 is 0 Å². The number of carbonyl (C=O) groups excluding carboxylic acids is 1. The Balaban J connectivity index is 1.51. The zero-order valence-corrected chi connectivity index (χ0v) is 16.9. The summed E-state index contributed by atoms with van der Waals surface area (Å²) in [7, 11) is 1.66. The maximum atomic E-state index is 12.7.